The maximum absolute atomic E-state index is 13.8. The SMILES string of the molecule is CC1=C(C(=O)Nc2ccccc2)[C@@H](c2cccs2)n2c(s/c(=C/c3cc(Br)c(Sc4nccc(C)n4)o3)c2=O)=N1. The van der Waals surface area contributed by atoms with Crippen LogP contribution in [-0.2, 0) is 4.79 Å². The molecule has 0 radical (unpaired) electrons. The van der Waals surface area contributed by atoms with Crippen molar-refractivity contribution in [2.45, 2.75) is 30.1 Å². The highest BCUT2D eigenvalue weighted by Crippen LogP contribution is 2.35. The van der Waals surface area contributed by atoms with Crippen molar-refractivity contribution in [3.8, 4) is 0 Å². The number of hydrogen-bond donors (Lipinski definition) is 1. The number of rotatable bonds is 6. The predicted octanol–water partition coefficient (Wildman–Crippen LogP) is 5.54. The van der Waals surface area contributed by atoms with Gasteiger partial charge in [-0.3, -0.25) is 14.2 Å². The molecule has 0 spiro atoms. The molecule has 1 aromatic carbocycles. The first-order chi connectivity index (χ1) is 19.4. The molecule has 0 fully saturated rings. The Hall–Kier alpha value is -3.58. The zero-order valence-corrected chi connectivity index (χ0v) is 25.2. The number of benzene rings is 1. The van der Waals surface area contributed by atoms with Crippen LogP contribution in [0.1, 0.15) is 29.3 Å². The van der Waals surface area contributed by atoms with Crippen LogP contribution in [0.4, 0.5) is 5.69 Å². The minimum Gasteiger partial charge on any atom is -0.449 e. The molecule has 1 amide bonds. The first-order valence-electron chi connectivity index (χ1n) is 12.1. The second-order valence-corrected chi connectivity index (χ2v) is 12.6. The second kappa shape index (κ2) is 11.1. The van der Waals surface area contributed by atoms with Crippen LogP contribution < -0.4 is 20.2 Å². The van der Waals surface area contributed by atoms with E-state index >= 15 is 0 Å². The topological polar surface area (TPSA) is 102 Å². The Labute approximate surface area is 249 Å². The van der Waals surface area contributed by atoms with Crippen LogP contribution in [0.2, 0.25) is 0 Å². The third kappa shape index (κ3) is 5.27. The van der Waals surface area contributed by atoms with Gasteiger partial charge in [0, 0.05) is 28.5 Å². The quantitative estimate of drug-likeness (QED) is 0.242. The minimum atomic E-state index is -0.602. The first-order valence-corrected chi connectivity index (χ1v) is 15.4. The Kier molecular flexibility index (Phi) is 7.41. The number of aryl methyl sites for hydroxylation is 1. The van der Waals surface area contributed by atoms with E-state index < -0.39 is 6.04 Å². The molecule has 1 aliphatic heterocycles. The van der Waals surface area contributed by atoms with E-state index in [9.17, 15) is 9.59 Å². The van der Waals surface area contributed by atoms with Crippen LogP contribution in [0.5, 0.6) is 0 Å². The number of fused-ring (bicyclic) bond motifs is 1. The molecule has 5 aromatic rings. The Morgan fingerprint density at radius 2 is 2.00 bits per heavy atom. The number of aromatic nitrogens is 3. The summed E-state index contributed by atoms with van der Waals surface area (Å²) in [6, 6.07) is 16.1. The molecule has 1 N–H and O–H groups in total. The summed E-state index contributed by atoms with van der Waals surface area (Å²) >= 11 is 7.58. The summed E-state index contributed by atoms with van der Waals surface area (Å²) in [6.07, 6.45) is 3.40. The molecule has 1 aliphatic rings. The Bertz CT molecular complexity index is 1940. The highest BCUT2D eigenvalue weighted by atomic mass is 79.9. The number of amides is 1. The van der Waals surface area contributed by atoms with Gasteiger partial charge >= 0.3 is 0 Å². The molecule has 0 unspecified atom stereocenters. The van der Waals surface area contributed by atoms with Crippen molar-refractivity contribution in [3.05, 3.63) is 118 Å². The van der Waals surface area contributed by atoms with E-state index in [1.165, 1.54) is 34.4 Å². The monoisotopic (exact) mass is 649 g/mol. The van der Waals surface area contributed by atoms with Gasteiger partial charge in [-0.1, -0.05) is 35.6 Å². The lowest BCUT2D eigenvalue weighted by atomic mass is 10.0. The number of carbonyl (C=O) groups excluding carboxylic acids is 1. The van der Waals surface area contributed by atoms with Crippen LogP contribution in [0.25, 0.3) is 6.08 Å². The maximum atomic E-state index is 13.8. The van der Waals surface area contributed by atoms with Crippen molar-refractivity contribution in [1.82, 2.24) is 14.5 Å². The minimum absolute atomic E-state index is 0.247. The number of para-hydroxylation sites is 1. The first kappa shape index (κ1) is 26.6. The fraction of sp³-hybridized carbons (Fsp3) is 0.107. The third-order valence-corrected chi connectivity index (χ3v) is 9.64. The van der Waals surface area contributed by atoms with Crippen molar-refractivity contribution in [3.63, 3.8) is 0 Å². The Morgan fingerprint density at radius 1 is 1.18 bits per heavy atom. The van der Waals surface area contributed by atoms with Gasteiger partial charge in [0.05, 0.1) is 20.3 Å². The molecule has 4 aromatic heterocycles. The lowest BCUT2D eigenvalue weighted by molar-refractivity contribution is -0.113. The van der Waals surface area contributed by atoms with Crippen LogP contribution in [0.15, 0.2) is 106 Å². The summed E-state index contributed by atoms with van der Waals surface area (Å²) < 4.78 is 8.81. The van der Waals surface area contributed by atoms with E-state index in [4.69, 9.17) is 4.42 Å². The summed E-state index contributed by atoms with van der Waals surface area (Å²) in [7, 11) is 0. The van der Waals surface area contributed by atoms with Crippen LogP contribution in [0.3, 0.4) is 0 Å². The molecule has 6 rings (SSSR count). The Balaban J connectivity index is 1.40. The zero-order valence-electron chi connectivity index (χ0n) is 21.1. The van der Waals surface area contributed by atoms with Gasteiger partial charge in [0.15, 0.2) is 15.1 Å². The van der Waals surface area contributed by atoms with Crippen LogP contribution >= 0.6 is 50.4 Å². The fourth-order valence-electron chi connectivity index (χ4n) is 4.24. The van der Waals surface area contributed by atoms with Crippen molar-refractivity contribution in [2.24, 2.45) is 4.99 Å². The summed E-state index contributed by atoms with van der Waals surface area (Å²) in [6.45, 7) is 3.70. The summed E-state index contributed by atoms with van der Waals surface area (Å²) in [5, 5.41) is 6.04. The molecule has 0 saturated heterocycles. The van der Waals surface area contributed by atoms with Gasteiger partial charge in [-0.2, -0.15) is 0 Å². The highest BCUT2D eigenvalue weighted by Gasteiger charge is 2.33. The van der Waals surface area contributed by atoms with Crippen molar-refractivity contribution < 1.29 is 9.21 Å². The number of furan rings is 1. The summed E-state index contributed by atoms with van der Waals surface area (Å²) in [5.41, 5.74) is 2.28. The van der Waals surface area contributed by atoms with Gasteiger partial charge in [0.25, 0.3) is 11.5 Å². The Morgan fingerprint density at radius 3 is 2.75 bits per heavy atom. The average molecular weight is 651 g/mol. The highest BCUT2D eigenvalue weighted by molar-refractivity contribution is 9.10. The van der Waals surface area contributed by atoms with E-state index in [1.807, 2.05) is 60.8 Å². The van der Waals surface area contributed by atoms with E-state index in [1.54, 1.807) is 29.8 Å². The number of hydrogen-bond acceptors (Lipinski definition) is 9. The van der Waals surface area contributed by atoms with Gasteiger partial charge in [-0.05, 0) is 77.3 Å². The van der Waals surface area contributed by atoms with E-state index in [0.29, 0.717) is 42.3 Å². The zero-order chi connectivity index (χ0) is 27.8. The van der Waals surface area contributed by atoms with Gasteiger partial charge in [-0.15, -0.1) is 11.3 Å². The lowest BCUT2D eigenvalue weighted by Gasteiger charge is -2.24. The number of thiazole rings is 1. The number of carbonyl (C=O) groups is 1. The fourth-order valence-corrected chi connectivity index (χ4v) is 7.41. The molecule has 0 bridgehead atoms. The van der Waals surface area contributed by atoms with E-state index in [0.717, 1.165) is 15.0 Å². The molecule has 1 atom stereocenters. The van der Waals surface area contributed by atoms with Gasteiger partial charge < -0.3 is 9.73 Å². The smallest absolute Gasteiger partial charge is 0.271 e. The molecular formula is C28H20BrN5O3S3. The van der Waals surface area contributed by atoms with Gasteiger partial charge in [-0.25, -0.2) is 15.0 Å². The molecule has 0 aliphatic carbocycles. The largest absolute Gasteiger partial charge is 0.449 e. The van der Waals surface area contributed by atoms with Gasteiger partial charge in [0.2, 0.25) is 0 Å². The molecule has 8 nitrogen and oxygen atoms in total. The molecule has 0 saturated carbocycles. The van der Waals surface area contributed by atoms with Gasteiger partial charge in [0.1, 0.15) is 11.8 Å². The van der Waals surface area contributed by atoms with Crippen LogP contribution in [-0.4, -0.2) is 20.4 Å². The number of nitrogens with zero attached hydrogens (tertiary/aromatic N) is 4. The molecule has 5 heterocycles. The average Bonchev–Trinajstić information content (AvgIpc) is 3.65. The van der Waals surface area contributed by atoms with Crippen molar-refractivity contribution in [1.29, 1.82) is 0 Å². The molecule has 12 heteroatoms. The molecule has 200 valence electrons. The van der Waals surface area contributed by atoms with E-state index in [-0.39, 0.29) is 11.5 Å². The molecular weight excluding hydrogens is 630 g/mol. The summed E-state index contributed by atoms with van der Waals surface area (Å²) in [4.78, 5) is 42.1. The second-order valence-electron chi connectivity index (χ2n) is 8.78. The van der Waals surface area contributed by atoms with Crippen molar-refractivity contribution in [2.75, 3.05) is 5.32 Å². The number of allylic oxidation sites excluding steroid dienone is 1. The standard InChI is InChI=1S/C28H20BrN5O3S3/c1-15-10-11-30-27(31-15)40-26-19(29)13-18(37-26)14-21-25(36)34-23(20-9-6-12-38-20)22(16(2)32-28(34)39-21)24(35)33-17-7-4-3-5-8-17/h3-14,23H,1-2H3,(H,33,35)/b21-14+/t23-/m1/s1. The van der Waals surface area contributed by atoms with E-state index in [2.05, 4.69) is 36.2 Å². The summed E-state index contributed by atoms with van der Waals surface area (Å²) in [5.74, 6) is 0.202. The third-order valence-electron chi connectivity index (χ3n) is 6.02. The lowest BCUT2D eigenvalue weighted by Crippen LogP contribution is -2.40. The molecule has 40 heavy (non-hydrogen) atoms. The van der Waals surface area contributed by atoms with Crippen LogP contribution in [0, 0.1) is 6.92 Å². The number of nitrogens with one attached hydrogen (secondary N) is 1. The number of halogens is 1. The number of anilines is 1. The van der Waals surface area contributed by atoms with Crippen molar-refractivity contribution >= 4 is 68.0 Å². The normalized spacial score (nSPS) is 15.2. The predicted molar refractivity (Wildman–Crippen MR) is 160 cm³/mol. The number of thiophene rings is 1. The maximum Gasteiger partial charge on any atom is 0.271 e.